The first kappa shape index (κ1) is 14.2. The molecule has 4 rings (SSSR count). The number of rotatable bonds is 4. The first-order valence-corrected chi connectivity index (χ1v) is 7.61. The molecule has 2 aromatic heterocycles. The summed E-state index contributed by atoms with van der Waals surface area (Å²) in [4.78, 5) is 22.7. The van der Waals surface area contributed by atoms with Crippen molar-refractivity contribution in [2.24, 2.45) is 5.10 Å². The van der Waals surface area contributed by atoms with Gasteiger partial charge in [0.15, 0.2) is 5.82 Å². The maximum Gasteiger partial charge on any atom is 0.244 e. The average Bonchev–Trinajstić information content (AvgIpc) is 3.19. The molecule has 0 aliphatic heterocycles. The molecule has 1 amide bonds. The summed E-state index contributed by atoms with van der Waals surface area (Å²) in [6.07, 6.45) is 3.63. The van der Waals surface area contributed by atoms with Gasteiger partial charge in [0.2, 0.25) is 5.91 Å². The Kier molecular flexibility index (Phi) is 3.55. The Morgan fingerprint density at radius 3 is 2.79 bits per heavy atom. The van der Waals surface area contributed by atoms with Gasteiger partial charge in [-0.05, 0) is 23.8 Å². The molecule has 0 fully saturated rings. The van der Waals surface area contributed by atoms with E-state index in [9.17, 15) is 4.79 Å². The van der Waals surface area contributed by atoms with Crippen LogP contribution in [0.5, 0.6) is 0 Å². The summed E-state index contributed by atoms with van der Waals surface area (Å²) in [5.41, 5.74) is 6.30. The SMILES string of the molecule is O=C(Cc1c[nH]c2ccccc12)N/N=C\c1nc2ccccc2[nH]1. The Labute approximate surface area is 137 Å². The van der Waals surface area contributed by atoms with Crippen LogP contribution in [-0.2, 0) is 11.2 Å². The van der Waals surface area contributed by atoms with Crippen LogP contribution < -0.4 is 5.43 Å². The lowest BCUT2D eigenvalue weighted by Gasteiger charge is -1.98. The summed E-state index contributed by atoms with van der Waals surface area (Å²) >= 11 is 0. The highest BCUT2D eigenvalue weighted by Gasteiger charge is 2.07. The zero-order chi connectivity index (χ0) is 16.4. The van der Waals surface area contributed by atoms with E-state index in [1.54, 1.807) is 0 Å². The molecule has 0 radical (unpaired) electrons. The predicted octanol–water partition coefficient (Wildman–Crippen LogP) is 2.74. The van der Waals surface area contributed by atoms with E-state index >= 15 is 0 Å². The minimum atomic E-state index is -0.174. The second kappa shape index (κ2) is 6.00. The third-order valence-electron chi connectivity index (χ3n) is 3.81. The van der Waals surface area contributed by atoms with Crippen LogP contribution in [0, 0.1) is 0 Å². The fourth-order valence-electron chi connectivity index (χ4n) is 2.69. The largest absolute Gasteiger partial charge is 0.361 e. The Morgan fingerprint density at radius 1 is 1.12 bits per heavy atom. The van der Waals surface area contributed by atoms with Crippen LogP contribution in [-0.4, -0.2) is 27.1 Å². The van der Waals surface area contributed by atoms with E-state index in [4.69, 9.17) is 0 Å². The molecule has 0 bridgehead atoms. The number of aromatic amines is 2. The van der Waals surface area contributed by atoms with Crippen molar-refractivity contribution in [1.29, 1.82) is 0 Å². The molecule has 0 saturated heterocycles. The molecular formula is C18H15N5O. The topological polar surface area (TPSA) is 85.9 Å². The predicted molar refractivity (Wildman–Crippen MR) is 93.8 cm³/mol. The van der Waals surface area contributed by atoms with E-state index in [0.29, 0.717) is 5.82 Å². The van der Waals surface area contributed by atoms with Gasteiger partial charge in [0.05, 0.1) is 23.7 Å². The fraction of sp³-hybridized carbons (Fsp3) is 0.0556. The van der Waals surface area contributed by atoms with Crippen molar-refractivity contribution in [3.63, 3.8) is 0 Å². The van der Waals surface area contributed by atoms with Crippen LogP contribution in [0.25, 0.3) is 21.9 Å². The molecule has 0 unspecified atom stereocenters. The first-order chi connectivity index (χ1) is 11.8. The van der Waals surface area contributed by atoms with Gasteiger partial charge in [0.25, 0.3) is 0 Å². The summed E-state index contributed by atoms with van der Waals surface area (Å²) in [5, 5.41) is 5.02. The molecule has 6 heteroatoms. The maximum atomic E-state index is 12.0. The monoisotopic (exact) mass is 317 g/mol. The van der Waals surface area contributed by atoms with Crippen LogP contribution in [0.4, 0.5) is 0 Å². The number of carbonyl (C=O) groups is 1. The molecule has 24 heavy (non-hydrogen) atoms. The number of hydrogen-bond acceptors (Lipinski definition) is 3. The second-order valence-corrected chi connectivity index (χ2v) is 5.47. The summed E-state index contributed by atoms with van der Waals surface area (Å²) in [5.74, 6) is 0.427. The number of aromatic nitrogens is 3. The molecule has 6 nitrogen and oxygen atoms in total. The Hall–Kier alpha value is -3.41. The highest BCUT2D eigenvalue weighted by molar-refractivity contribution is 5.89. The van der Waals surface area contributed by atoms with Gasteiger partial charge in [-0.2, -0.15) is 5.10 Å². The number of H-pyrrole nitrogens is 2. The number of amides is 1. The van der Waals surface area contributed by atoms with E-state index in [1.807, 2.05) is 54.7 Å². The van der Waals surface area contributed by atoms with Gasteiger partial charge in [-0.15, -0.1) is 0 Å². The smallest absolute Gasteiger partial charge is 0.244 e. The van der Waals surface area contributed by atoms with Crippen LogP contribution in [0.2, 0.25) is 0 Å². The molecule has 2 heterocycles. The standard InChI is InChI=1S/C18H15N5O/c24-18(9-12-10-19-14-6-2-1-5-13(12)14)23-20-11-17-21-15-7-3-4-8-16(15)22-17/h1-8,10-11,19H,9H2,(H,21,22)(H,23,24)/b20-11-. The average molecular weight is 317 g/mol. The normalized spacial score (nSPS) is 11.5. The number of para-hydroxylation sites is 3. The van der Waals surface area contributed by atoms with Gasteiger partial charge >= 0.3 is 0 Å². The first-order valence-electron chi connectivity index (χ1n) is 7.61. The minimum Gasteiger partial charge on any atom is -0.361 e. The zero-order valence-electron chi connectivity index (χ0n) is 12.8. The number of hydrazone groups is 1. The number of carbonyl (C=O) groups excluding carboxylic acids is 1. The van der Waals surface area contributed by atoms with Crippen LogP contribution in [0.3, 0.4) is 0 Å². The van der Waals surface area contributed by atoms with Crippen molar-refractivity contribution in [3.8, 4) is 0 Å². The molecule has 118 valence electrons. The minimum absolute atomic E-state index is 0.174. The summed E-state index contributed by atoms with van der Waals surface area (Å²) < 4.78 is 0. The van der Waals surface area contributed by atoms with E-state index < -0.39 is 0 Å². The third kappa shape index (κ3) is 2.77. The van der Waals surface area contributed by atoms with Gasteiger partial charge in [0, 0.05) is 17.1 Å². The van der Waals surface area contributed by atoms with Crippen molar-refractivity contribution in [2.45, 2.75) is 6.42 Å². The van der Waals surface area contributed by atoms with Crippen molar-refractivity contribution in [1.82, 2.24) is 20.4 Å². The zero-order valence-corrected chi connectivity index (χ0v) is 12.8. The summed E-state index contributed by atoms with van der Waals surface area (Å²) in [6.45, 7) is 0. The molecule has 0 aliphatic rings. The van der Waals surface area contributed by atoms with Crippen molar-refractivity contribution in [3.05, 3.63) is 66.1 Å². The lowest BCUT2D eigenvalue weighted by atomic mass is 10.1. The molecule has 0 atom stereocenters. The van der Waals surface area contributed by atoms with Crippen molar-refractivity contribution >= 4 is 34.1 Å². The highest BCUT2D eigenvalue weighted by atomic mass is 16.2. The molecular weight excluding hydrogens is 302 g/mol. The quantitative estimate of drug-likeness (QED) is 0.399. The molecule has 3 N–H and O–H groups in total. The number of nitrogens with zero attached hydrogens (tertiary/aromatic N) is 2. The molecule has 0 spiro atoms. The molecule has 0 saturated carbocycles. The Balaban J connectivity index is 1.42. The van der Waals surface area contributed by atoms with E-state index in [2.05, 4.69) is 25.5 Å². The molecule has 4 aromatic rings. The number of imidazole rings is 1. The lowest BCUT2D eigenvalue weighted by molar-refractivity contribution is -0.120. The Morgan fingerprint density at radius 2 is 1.92 bits per heavy atom. The number of hydrogen-bond donors (Lipinski definition) is 3. The van der Waals surface area contributed by atoms with Gasteiger partial charge < -0.3 is 9.97 Å². The van der Waals surface area contributed by atoms with Gasteiger partial charge in [-0.25, -0.2) is 10.4 Å². The van der Waals surface area contributed by atoms with Crippen molar-refractivity contribution in [2.75, 3.05) is 0 Å². The van der Waals surface area contributed by atoms with Crippen LogP contribution in [0.1, 0.15) is 11.4 Å². The van der Waals surface area contributed by atoms with Crippen molar-refractivity contribution < 1.29 is 4.79 Å². The second-order valence-electron chi connectivity index (χ2n) is 5.47. The fourth-order valence-corrected chi connectivity index (χ4v) is 2.69. The summed E-state index contributed by atoms with van der Waals surface area (Å²) in [6, 6.07) is 15.6. The van der Waals surface area contributed by atoms with Crippen LogP contribution >= 0.6 is 0 Å². The van der Waals surface area contributed by atoms with Crippen LogP contribution in [0.15, 0.2) is 59.8 Å². The van der Waals surface area contributed by atoms with Gasteiger partial charge in [0.1, 0.15) is 0 Å². The van der Waals surface area contributed by atoms with E-state index in [1.165, 1.54) is 6.21 Å². The number of benzene rings is 2. The number of fused-ring (bicyclic) bond motifs is 2. The molecule has 0 aliphatic carbocycles. The molecule has 2 aromatic carbocycles. The van der Waals surface area contributed by atoms with E-state index in [-0.39, 0.29) is 12.3 Å². The third-order valence-corrected chi connectivity index (χ3v) is 3.81. The van der Waals surface area contributed by atoms with E-state index in [0.717, 1.165) is 27.5 Å². The summed E-state index contributed by atoms with van der Waals surface area (Å²) in [7, 11) is 0. The number of nitrogens with one attached hydrogen (secondary N) is 3. The maximum absolute atomic E-state index is 12.0. The lowest BCUT2D eigenvalue weighted by Crippen LogP contribution is -2.19. The van der Waals surface area contributed by atoms with Gasteiger partial charge in [-0.3, -0.25) is 4.79 Å². The highest BCUT2D eigenvalue weighted by Crippen LogP contribution is 2.17. The van der Waals surface area contributed by atoms with Gasteiger partial charge in [-0.1, -0.05) is 30.3 Å². The Bertz CT molecular complexity index is 1010.